The Labute approximate surface area is 159 Å². The van der Waals surface area contributed by atoms with Gasteiger partial charge in [-0.05, 0) is 25.0 Å². The van der Waals surface area contributed by atoms with Gasteiger partial charge in [0.05, 0.1) is 16.9 Å². The molecular formula is C19H27N3O5. The Morgan fingerprint density at radius 2 is 1.85 bits per heavy atom. The van der Waals surface area contributed by atoms with Crippen molar-refractivity contribution in [3.05, 3.63) is 23.8 Å². The van der Waals surface area contributed by atoms with Crippen LogP contribution >= 0.6 is 0 Å². The molecule has 0 unspecified atom stereocenters. The van der Waals surface area contributed by atoms with Gasteiger partial charge in [-0.25, -0.2) is 0 Å². The zero-order valence-electron chi connectivity index (χ0n) is 15.9. The lowest BCUT2D eigenvalue weighted by Crippen LogP contribution is -2.38. The predicted octanol–water partition coefficient (Wildman–Crippen LogP) is 1.55. The molecule has 2 N–H and O–H groups in total. The van der Waals surface area contributed by atoms with Gasteiger partial charge in [0.2, 0.25) is 5.91 Å². The van der Waals surface area contributed by atoms with Crippen LogP contribution in [0.25, 0.3) is 0 Å². The van der Waals surface area contributed by atoms with Gasteiger partial charge in [0.1, 0.15) is 13.2 Å². The van der Waals surface area contributed by atoms with E-state index in [4.69, 9.17) is 9.47 Å². The summed E-state index contributed by atoms with van der Waals surface area (Å²) in [5.41, 5.74) is 1.13. The third kappa shape index (κ3) is 5.77. The lowest BCUT2D eigenvalue weighted by molar-refractivity contribution is -0.123. The first kappa shape index (κ1) is 20.9. The van der Waals surface area contributed by atoms with E-state index in [1.54, 1.807) is 18.2 Å². The first-order valence-electron chi connectivity index (χ1n) is 9.25. The summed E-state index contributed by atoms with van der Waals surface area (Å²) in [5.74, 6) is -0.880. The molecule has 148 valence electrons. The van der Waals surface area contributed by atoms with Crippen molar-refractivity contribution in [2.45, 2.75) is 26.7 Å². The van der Waals surface area contributed by atoms with E-state index in [0.717, 1.165) is 12.8 Å². The topological polar surface area (TPSA) is 97.0 Å². The number of carbonyl (C=O) groups excluding carboxylic acids is 3. The number of anilines is 2. The first-order chi connectivity index (χ1) is 13.1. The number of nitrogens with one attached hydrogen (secondary N) is 2. The molecule has 0 atom stereocenters. The highest BCUT2D eigenvalue weighted by Gasteiger charge is 2.28. The van der Waals surface area contributed by atoms with Crippen molar-refractivity contribution in [3.8, 4) is 0 Å². The fraction of sp³-hybridized carbons (Fsp3) is 0.526. The van der Waals surface area contributed by atoms with E-state index in [1.165, 1.54) is 4.90 Å². The minimum Gasteiger partial charge on any atom is -0.372 e. The van der Waals surface area contributed by atoms with Gasteiger partial charge in [0.25, 0.3) is 11.8 Å². The number of amides is 3. The molecule has 1 aromatic carbocycles. The highest BCUT2D eigenvalue weighted by atomic mass is 16.5. The second kappa shape index (κ2) is 10.6. The van der Waals surface area contributed by atoms with Gasteiger partial charge in [-0.2, -0.15) is 0 Å². The fourth-order valence-corrected chi connectivity index (χ4v) is 2.73. The van der Waals surface area contributed by atoms with Crippen molar-refractivity contribution < 1.29 is 23.9 Å². The number of para-hydroxylation sites is 1. The third-order valence-electron chi connectivity index (χ3n) is 3.90. The summed E-state index contributed by atoms with van der Waals surface area (Å²) in [6.07, 6.45) is 1.62. The van der Waals surface area contributed by atoms with E-state index in [0.29, 0.717) is 43.2 Å². The normalized spacial score (nSPS) is 13.6. The summed E-state index contributed by atoms with van der Waals surface area (Å²) in [7, 11) is 0. The molecule has 2 rings (SSSR count). The summed E-state index contributed by atoms with van der Waals surface area (Å²) in [6, 6.07) is 4.97. The molecule has 1 aromatic rings. The molecule has 27 heavy (non-hydrogen) atoms. The summed E-state index contributed by atoms with van der Waals surface area (Å²) in [6.45, 7) is 5.34. The van der Waals surface area contributed by atoms with Crippen molar-refractivity contribution in [2.24, 2.45) is 0 Å². The summed E-state index contributed by atoms with van der Waals surface area (Å²) in [5, 5.41) is 5.52. The number of nitrogens with zero attached hydrogens (tertiary/aromatic N) is 1. The van der Waals surface area contributed by atoms with E-state index in [1.807, 2.05) is 13.8 Å². The van der Waals surface area contributed by atoms with E-state index < -0.39 is 0 Å². The van der Waals surface area contributed by atoms with Crippen molar-refractivity contribution in [2.75, 3.05) is 49.7 Å². The number of ether oxygens (including phenoxy) is 2. The molecule has 1 aliphatic heterocycles. The maximum Gasteiger partial charge on any atom is 0.253 e. The van der Waals surface area contributed by atoms with Crippen molar-refractivity contribution in [1.82, 2.24) is 5.32 Å². The van der Waals surface area contributed by atoms with Gasteiger partial charge < -0.3 is 25.0 Å². The third-order valence-corrected chi connectivity index (χ3v) is 3.90. The maximum atomic E-state index is 12.7. The molecule has 8 nitrogen and oxygen atoms in total. The van der Waals surface area contributed by atoms with Crippen molar-refractivity contribution in [3.63, 3.8) is 0 Å². The van der Waals surface area contributed by atoms with Crippen LogP contribution in [0, 0.1) is 0 Å². The molecule has 0 spiro atoms. The highest BCUT2D eigenvalue weighted by molar-refractivity contribution is 6.11. The number of hydrogen-bond acceptors (Lipinski definition) is 5. The zero-order chi connectivity index (χ0) is 19.6. The Kier molecular flexibility index (Phi) is 8.22. The molecule has 0 radical (unpaired) electrons. The lowest BCUT2D eigenvalue weighted by Gasteiger charge is -2.25. The fourth-order valence-electron chi connectivity index (χ4n) is 2.73. The molecule has 3 amide bonds. The molecule has 0 saturated heterocycles. The van der Waals surface area contributed by atoms with Crippen LogP contribution in [0.3, 0.4) is 0 Å². The smallest absolute Gasteiger partial charge is 0.253 e. The number of fused-ring (bicyclic) bond motifs is 1. The molecule has 8 heteroatoms. The quantitative estimate of drug-likeness (QED) is 0.637. The minimum atomic E-state index is -0.337. The van der Waals surface area contributed by atoms with Gasteiger partial charge in [-0.1, -0.05) is 19.9 Å². The molecule has 1 heterocycles. The van der Waals surface area contributed by atoms with Crippen molar-refractivity contribution in [1.29, 1.82) is 0 Å². The Morgan fingerprint density at radius 3 is 2.56 bits per heavy atom. The van der Waals surface area contributed by atoms with Crippen LogP contribution in [0.4, 0.5) is 11.4 Å². The molecule has 0 aromatic heterocycles. The molecular weight excluding hydrogens is 350 g/mol. The maximum absolute atomic E-state index is 12.7. The lowest BCUT2D eigenvalue weighted by atomic mass is 10.1. The van der Waals surface area contributed by atoms with Gasteiger partial charge >= 0.3 is 0 Å². The molecule has 0 aliphatic carbocycles. The van der Waals surface area contributed by atoms with E-state index >= 15 is 0 Å². The minimum absolute atomic E-state index is 0.0800. The molecule has 0 saturated carbocycles. The summed E-state index contributed by atoms with van der Waals surface area (Å²) in [4.78, 5) is 38.7. The Morgan fingerprint density at radius 1 is 1.15 bits per heavy atom. The van der Waals surface area contributed by atoms with E-state index in [2.05, 4.69) is 10.6 Å². The summed E-state index contributed by atoms with van der Waals surface area (Å²) >= 11 is 0. The predicted molar refractivity (Wildman–Crippen MR) is 102 cm³/mol. The second-order valence-electron chi connectivity index (χ2n) is 6.16. The van der Waals surface area contributed by atoms with Crippen molar-refractivity contribution >= 4 is 29.1 Å². The average molecular weight is 377 g/mol. The number of hydrogen-bond donors (Lipinski definition) is 2. The number of rotatable bonds is 9. The van der Waals surface area contributed by atoms with Crippen LogP contribution in [-0.2, 0) is 19.1 Å². The average Bonchev–Trinajstić information content (AvgIpc) is 2.82. The van der Waals surface area contributed by atoms with Crippen LogP contribution in [0.15, 0.2) is 18.2 Å². The highest BCUT2D eigenvalue weighted by Crippen LogP contribution is 2.31. The van der Waals surface area contributed by atoms with Gasteiger partial charge in [0.15, 0.2) is 0 Å². The van der Waals surface area contributed by atoms with Gasteiger partial charge in [-0.15, -0.1) is 0 Å². The van der Waals surface area contributed by atoms with Gasteiger partial charge in [0, 0.05) is 26.3 Å². The Balaban J connectivity index is 2.26. The number of carbonyl (C=O) groups is 3. The SMILES string of the molecule is CCCOCC(=O)Nc1cccc2c1N(C(=O)COCCC)CCNC2=O. The van der Waals surface area contributed by atoms with Crippen LogP contribution in [0.5, 0.6) is 0 Å². The summed E-state index contributed by atoms with van der Waals surface area (Å²) < 4.78 is 10.6. The Hall–Kier alpha value is -2.45. The number of benzene rings is 1. The molecule has 0 fully saturated rings. The zero-order valence-corrected chi connectivity index (χ0v) is 15.9. The van der Waals surface area contributed by atoms with Crippen LogP contribution < -0.4 is 15.5 Å². The monoisotopic (exact) mass is 377 g/mol. The molecule has 1 aliphatic rings. The Bertz CT molecular complexity index is 677. The van der Waals surface area contributed by atoms with Gasteiger partial charge in [-0.3, -0.25) is 14.4 Å². The molecule has 0 bridgehead atoms. The van der Waals surface area contributed by atoms with Crippen LogP contribution in [-0.4, -0.2) is 57.2 Å². The van der Waals surface area contributed by atoms with E-state index in [-0.39, 0.29) is 30.9 Å². The second-order valence-corrected chi connectivity index (χ2v) is 6.16. The standard InChI is InChI=1S/C19H27N3O5/c1-3-10-26-12-16(23)21-15-7-5-6-14-18(15)22(9-8-20-19(14)25)17(24)13-27-11-4-2/h5-7H,3-4,8-13H2,1-2H3,(H,20,25)(H,21,23). The van der Waals surface area contributed by atoms with E-state index in [9.17, 15) is 14.4 Å². The van der Waals surface area contributed by atoms with Crippen LogP contribution in [0.2, 0.25) is 0 Å². The van der Waals surface area contributed by atoms with Crippen LogP contribution in [0.1, 0.15) is 37.0 Å². The largest absolute Gasteiger partial charge is 0.372 e. The first-order valence-corrected chi connectivity index (χ1v) is 9.25.